The summed E-state index contributed by atoms with van der Waals surface area (Å²) in [6.45, 7) is 3.93. The number of esters is 1. The normalized spacial score (nSPS) is 17.1. The Labute approximate surface area is 170 Å². The zero-order chi connectivity index (χ0) is 20.8. The molecule has 6 heteroatoms. The Morgan fingerprint density at radius 2 is 1.83 bits per heavy atom. The standard InChI is InChI=1S/C23H26N2O4/c1-3-17-9-11-20(12-10-17)24-21(26)15-29-23(28)19-13-22(27)25(14-19)16(2)18-7-5-4-6-8-18/h4-12,16,19H,3,13-15H2,1-2H3,(H,24,26)/t16-,19+/m1/s1. The lowest BCUT2D eigenvalue weighted by Gasteiger charge is -2.25. The van der Waals surface area contributed by atoms with Gasteiger partial charge in [0.15, 0.2) is 6.61 Å². The van der Waals surface area contributed by atoms with Crippen molar-refractivity contribution in [2.24, 2.45) is 5.92 Å². The van der Waals surface area contributed by atoms with Gasteiger partial charge in [-0.1, -0.05) is 49.4 Å². The summed E-state index contributed by atoms with van der Waals surface area (Å²) in [7, 11) is 0. The van der Waals surface area contributed by atoms with Crippen LogP contribution in [-0.2, 0) is 25.5 Å². The van der Waals surface area contributed by atoms with E-state index in [9.17, 15) is 14.4 Å². The fourth-order valence-electron chi connectivity index (χ4n) is 3.45. The third kappa shape index (κ3) is 5.22. The lowest BCUT2D eigenvalue weighted by atomic mass is 10.1. The van der Waals surface area contributed by atoms with Crippen molar-refractivity contribution in [3.8, 4) is 0 Å². The van der Waals surface area contributed by atoms with Gasteiger partial charge >= 0.3 is 5.97 Å². The minimum absolute atomic E-state index is 0.0798. The van der Waals surface area contributed by atoms with Gasteiger partial charge in [-0.05, 0) is 36.6 Å². The molecule has 0 radical (unpaired) electrons. The number of rotatable bonds is 7. The monoisotopic (exact) mass is 394 g/mol. The summed E-state index contributed by atoms with van der Waals surface area (Å²) in [4.78, 5) is 38.5. The maximum absolute atomic E-state index is 12.4. The molecule has 0 aromatic heterocycles. The second-order valence-electron chi connectivity index (χ2n) is 7.24. The van der Waals surface area contributed by atoms with Gasteiger partial charge in [-0.25, -0.2) is 0 Å². The van der Waals surface area contributed by atoms with Gasteiger partial charge in [-0.2, -0.15) is 0 Å². The third-order valence-electron chi connectivity index (χ3n) is 5.23. The molecule has 0 unspecified atom stereocenters. The van der Waals surface area contributed by atoms with Gasteiger partial charge in [0.25, 0.3) is 5.91 Å². The topological polar surface area (TPSA) is 75.7 Å². The van der Waals surface area contributed by atoms with Gasteiger partial charge in [0.2, 0.25) is 5.91 Å². The molecule has 1 aliphatic heterocycles. The Morgan fingerprint density at radius 3 is 2.48 bits per heavy atom. The van der Waals surface area contributed by atoms with E-state index in [1.54, 1.807) is 4.90 Å². The molecule has 1 fully saturated rings. The number of benzene rings is 2. The van der Waals surface area contributed by atoms with Crippen LogP contribution in [0, 0.1) is 5.92 Å². The van der Waals surface area contributed by atoms with Gasteiger partial charge in [0.05, 0.1) is 12.0 Å². The summed E-state index contributed by atoms with van der Waals surface area (Å²) in [6, 6.07) is 17.1. The van der Waals surface area contributed by atoms with Gasteiger partial charge in [0.1, 0.15) is 0 Å². The molecule has 0 spiro atoms. The number of nitrogens with one attached hydrogen (secondary N) is 1. The Morgan fingerprint density at radius 1 is 1.14 bits per heavy atom. The van der Waals surface area contributed by atoms with Crippen LogP contribution in [0.3, 0.4) is 0 Å². The van der Waals surface area contributed by atoms with Crippen LogP contribution in [0.25, 0.3) is 0 Å². The van der Waals surface area contributed by atoms with E-state index in [1.165, 1.54) is 5.56 Å². The number of carbonyl (C=O) groups excluding carboxylic acids is 3. The largest absolute Gasteiger partial charge is 0.455 e. The minimum Gasteiger partial charge on any atom is -0.455 e. The molecule has 1 saturated heterocycles. The lowest BCUT2D eigenvalue weighted by Crippen LogP contribution is -2.30. The van der Waals surface area contributed by atoms with E-state index < -0.39 is 17.8 Å². The smallest absolute Gasteiger partial charge is 0.311 e. The zero-order valence-corrected chi connectivity index (χ0v) is 16.8. The van der Waals surface area contributed by atoms with Crippen molar-refractivity contribution in [1.29, 1.82) is 0 Å². The fraction of sp³-hybridized carbons (Fsp3) is 0.348. The molecule has 2 amide bonds. The van der Waals surface area contributed by atoms with Gasteiger partial charge in [0, 0.05) is 18.7 Å². The summed E-state index contributed by atoms with van der Waals surface area (Å²) < 4.78 is 5.16. The molecule has 1 heterocycles. The van der Waals surface area contributed by atoms with Crippen molar-refractivity contribution in [2.45, 2.75) is 32.7 Å². The van der Waals surface area contributed by atoms with E-state index in [4.69, 9.17) is 4.74 Å². The third-order valence-corrected chi connectivity index (χ3v) is 5.23. The number of anilines is 1. The SMILES string of the molecule is CCc1ccc(NC(=O)COC(=O)[C@H]2CC(=O)N([C@H](C)c3ccccc3)C2)cc1. The van der Waals surface area contributed by atoms with E-state index in [-0.39, 0.29) is 25.0 Å². The first-order chi connectivity index (χ1) is 14.0. The average molecular weight is 394 g/mol. The first kappa shape index (κ1) is 20.6. The summed E-state index contributed by atoms with van der Waals surface area (Å²) in [5.41, 5.74) is 2.85. The average Bonchev–Trinajstić information content (AvgIpc) is 3.14. The highest BCUT2D eigenvalue weighted by molar-refractivity contribution is 5.93. The van der Waals surface area contributed by atoms with Crippen molar-refractivity contribution < 1.29 is 19.1 Å². The second kappa shape index (κ2) is 9.37. The number of hydrogen-bond donors (Lipinski definition) is 1. The van der Waals surface area contributed by atoms with Crippen LogP contribution >= 0.6 is 0 Å². The fourth-order valence-corrected chi connectivity index (χ4v) is 3.45. The Balaban J connectivity index is 1.49. The highest BCUT2D eigenvalue weighted by Crippen LogP contribution is 2.29. The number of carbonyl (C=O) groups is 3. The molecule has 1 aliphatic rings. The quantitative estimate of drug-likeness (QED) is 0.731. The summed E-state index contributed by atoms with van der Waals surface area (Å²) in [5.74, 6) is -1.55. The molecular weight excluding hydrogens is 368 g/mol. The number of hydrogen-bond acceptors (Lipinski definition) is 4. The number of ether oxygens (including phenoxy) is 1. The number of amides is 2. The molecule has 2 aromatic carbocycles. The van der Waals surface area contributed by atoms with Crippen molar-refractivity contribution in [3.63, 3.8) is 0 Å². The maximum atomic E-state index is 12.4. The molecule has 0 bridgehead atoms. The summed E-state index contributed by atoms with van der Waals surface area (Å²) >= 11 is 0. The van der Waals surface area contributed by atoms with Crippen LogP contribution in [0.4, 0.5) is 5.69 Å². The molecule has 152 valence electrons. The van der Waals surface area contributed by atoms with Crippen LogP contribution in [0.5, 0.6) is 0 Å². The molecule has 2 atom stereocenters. The molecular formula is C23H26N2O4. The van der Waals surface area contributed by atoms with Crippen LogP contribution < -0.4 is 5.32 Å². The molecule has 3 rings (SSSR count). The second-order valence-corrected chi connectivity index (χ2v) is 7.24. The number of nitrogens with zero attached hydrogens (tertiary/aromatic N) is 1. The molecule has 2 aromatic rings. The van der Waals surface area contributed by atoms with Gasteiger partial charge in [-0.15, -0.1) is 0 Å². The molecule has 1 N–H and O–H groups in total. The van der Waals surface area contributed by atoms with Crippen molar-refractivity contribution in [1.82, 2.24) is 4.90 Å². The Kier molecular flexibility index (Phi) is 6.65. The van der Waals surface area contributed by atoms with Crippen LogP contribution in [0.15, 0.2) is 54.6 Å². The first-order valence-electron chi connectivity index (χ1n) is 9.87. The predicted molar refractivity (Wildman–Crippen MR) is 110 cm³/mol. The molecule has 6 nitrogen and oxygen atoms in total. The predicted octanol–water partition coefficient (Wildman–Crippen LogP) is 3.34. The van der Waals surface area contributed by atoms with Gasteiger partial charge < -0.3 is 15.0 Å². The summed E-state index contributed by atoms with van der Waals surface area (Å²) in [5, 5.41) is 2.70. The summed E-state index contributed by atoms with van der Waals surface area (Å²) in [6.07, 6.45) is 1.03. The van der Waals surface area contributed by atoms with Crippen LogP contribution in [-0.4, -0.2) is 35.8 Å². The van der Waals surface area contributed by atoms with Crippen molar-refractivity contribution in [3.05, 3.63) is 65.7 Å². The van der Waals surface area contributed by atoms with Crippen molar-refractivity contribution >= 4 is 23.5 Å². The Bertz CT molecular complexity index is 864. The lowest BCUT2D eigenvalue weighted by molar-refractivity contribution is -0.151. The van der Waals surface area contributed by atoms with Gasteiger partial charge in [-0.3, -0.25) is 14.4 Å². The first-order valence-corrected chi connectivity index (χ1v) is 9.87. The molecule has 0 saturated carbocycles. The van der Waals surface area contributed by atoms with E-state index in [0.717, 1.165) is 12.0 Å². The zero-order valence-electron chi connectivity index (χ0n) is 16.8. The van der Waals surface area contributed by atoms with E-state index in [1.807, 2.05) is 61.5 Å². The highest BCUT2D eigenvalue weighted by Gasteiger charge is 2.38. The molecule has 29 heavy (non-hydrogen) atoms. The van der Waals surface area contributed by atoms with E-state index >= 15 is 0 Å². The maximum Gasteiger partial charge on any atom is 0.311 e. The number of likely N-dealkylation sites (tertiary alicyclic amines) is 1. The molecule has 0 aliphatic carbocycles. The minimum atomic E-state index is -0.551. The number of aryl methyl sites for hydroxylation is 1. The van der Waals surface area contributed by atoms with Crippen LogP contribution in [0.1, 0.15) is 37.4 Å². The highest BCUT2D eigenvalue weighted by atomic mass is 16.5. The Hall–Kier alpha value is -3.15. The van der Waals surface area contributed by atoms with E-state index in [0.29, 0.717) is 12.2 Å². The van der Waals surface area contributed by atoms with E-state index in [2.05, 4.69) is 12.2 Å². The van der Waals surface area contributed by atoms with Crippen molar-refractivity contribution in [2.75, 3.05) is 18.5 Å². The van der Waals surface area contributed by atoms with Crippen LogP contribution in [0.2, 0.25) is 0 Å².